The van der Waals surface area contributed by atoms with Crippen molar-refractivity contribution in [2.45, 2.75) is 19.1 Å². The third-order valence-corrected chi connectivity index (χ3v) is 3.82. The molecule has 1 aromatic carbocycles. The number of nitrogens with one attached hydrogen (secondary N) is 1. The fourth-order valence-corrected chi connectivity index (χ4v) is 2.77. The summed E-state index contributed by atoms with van der Waals surface area (Å²) in [5.41, 5.74) is 4.73. The molecule has 0 aliphatic rings. The van der Waals surface area contributed by atoms with E-state index in [-0.39, 0.29) is 6.04 Å². The van der Waals surface area contributed by atoms with E-state index in [2.05, 4.69) is 5.43 Å². The van der Waals surface area contributed by atoms with Crippen molar-refractivity contribution in [3.05, 3.63) is 57.3 Å². The maximum absolute atomic E-state index is 12.5. The summed E-state index contributed by atoms with van der Waals surface area (Å²) in [6, 6.07) is 4.74. The Morgan fingerprint density at radius 3 is 2.21 bits per heavy atom. The lowest BCUT2D eigenvalue weighted by Gasteiger charge is -2.17. The zero-order valence-electron chi connectivity index (χ0n) is 10.2. The van der Waals surface area contributed by atoms with Crippen LogP contribution in [0.25, 0.3) is 0 Å². The highest BCUT2D eigenvalue weighted by Crippen LogP contribution is 2.32. The molecule has 3 N–H and O–H groups in total. The molecule has 6 heteroatoms. The van der Waals surface area contributed by atoms with Crippen LogP contribution in [0.15, 0.2) is 35.0 Å². The van der Waals surface area contributed by atoms with E-state index in [0.717, 1.165) is 23.3 Å². The Bertz CT molecular complexity index is 546. The number of halogens is 3. The van der Waals surface area contributed by atoms with Crippen molar-refractivity contribution in [2.75, 3.05) is 0 Å². The van der Waals surface area contributed by atoms with Crippen molar-refractivity contribution in [3.8, 4) is 0 Å². The van der Waals surface area contributed by atoms with Crippen molar-refractivity contribution in [1.29, 1.82) is 0 Å². The van der Waals surface area contributed by atoms with Crippen LogP contribution in [0, 0.1) is 6.92 Å². The first-order chi connectivity index (χ1) is 8.93. The molecule has 1 aromatic heterocycles. The number of alkyl halides is 3. The minimum atomic E-state index is -4.32. The van der Waals surface area contributed by atoms with E-state index >= 15 is 0 Å². The van der Waals surface area contributed by atoms with Crippen LogP contribution in [0.2, 0.25) is 0 Å². The topological polar surface area (TPSA) is 38.0 Å². The van der Waals surface area contributed by atoms with Gasteiger partial charge in [-0.15, -0.1) is 0 Å². The van der Waals surface area contributed by atoms with Crippen LogP contribution in [0.3, 0.4) is 0 Å². The molecule has 1 atom stereocenters. The van der Waals surface area contributed by atoms with Crippen molar-refractivity contribution in [1.82, 2.24) is 5.43 Å². The standard InChI is InChI=1S/C13H13F3N2S/c1-8-6-19-7-11(8)12(18-17)9-2-4-10(5-3-9)13(14,15)16/h2-7,12,18H,17H2,1H3. The predicted molar refractivity (Wildman–Crippen MR) is 69.7 cm³/mol. The van der Waals surface area contributed by atoms with Crippen LogP contribution in [0.1, 0.15) is 28.3 Å². The zero-order chi connectivity index (χ0) is 14.0. The Kier molecular flexibility index (Phi) is 3.93. The van der Waals surface area contributed by atoms with Gasteiger partial charge in [-0.2, -0.15) is 24.5 Å². The first-order valence-electron chi connectivity index (χ1n) is 5.59. The SMILES string of the molecule is Cc1cscc1C(NN)c1ccc(C(F)(F)F)cc1. The van der Waals surface area contributed by atoms with Gasteiger partial charge in [0, 0.05) is 0 Å². The molecule has 0 fully saturated rings. The third-order valence-electron chi connectivity index (χ3n) is 2.94. The van der Waals surface area contributed by atoms with E-state index in [1.54, 1.807) is 0 Å². The van der Waals surface area contributed by atoms with Crippen LogP contribution in [-0.2, 0) is 6.18 Å². The van der Waals surface area contributed by atoms with Crippen LogP contribution in [0.5, 0.6) is 0 Å². The highest BCUT2D eigenvalue weighted by atomic mass is 32.1. The molecule has 0 spiro atoms. The second kappa shape index (κ2) is 5.32. The average molecular weight is 286 g/mol. The Labute approximate surface area is 113 Å². The molecule has 1 heterocycles. The molecular formula is C13H13F3N2S. The van der Waals surface area contributed by atoms with Gasteiger partial charge < -0.3 is 0 Å². The summed E-state index contributed by atoms with van der Waals surface area (Å²) in [5.74, 6) is 5.52. The first kappa shape index (κ1) is 14.0. The molecule has 0 saturated carbocycles. The number of nitrogens with two attached hydrogens (primary N) is 1. The second-order valence-electron chi connectivity index (χ2n) is 4.23. The van der Waals surface area contributed by atoms with Gasteiger partial charge in [-0.25, -0.2) is 5.43 Å². The number of thiophene rings is 1. The minimum Gasteiger partial charge on any atom is -0.271 e. The van der Waals surface area contributed by atoms with Gasteiger partial charge in [-0.3, -0.25) is 5.84 Å². The first-order valence-corrected chi connectivity index (χ1v) is 6.53. The Hall–Kier alpha value is -1.37. The molecule has 2 nitrogen and oxygen atoms in total. The number of rotatable bonds is 3. The fraction of sp³-hybridized carbons (Fsp3) is 0.231. The molecule has 0 radical (unpaired) electrons. The highest BCUT2D eigenvalue weighted by Gasteiger charge is 2.30. The Morgan fingerprint density at radius 2 is 1.79 bits per heavy atom. The van der Waals surface area contributed by atoms with Crippen molar-refractivity contribution < 1.29 is 13.2 Å². The lowest BCUT2D eigenvalue weighted by molar-refractivity contribution is -0.137. The molecular weight excluding hydrogens is 273 g/mol. The summed E-state index contributed by atoms with van der Waals surface area (Å²) in [4.78, 5) is 0. The summed E-state index contributed by atoms with van der Waals surface area (Å²) in [6.07, 6.45) is -4.32. The number of hydrazine groups is 1. The van der Waals surface area contributed by atoms with Crippen LogP contribution >= 0.6 is 11.3 Å². The number of aryl methyl sites for hydroxylation is 1. The molecule has 0 amide bonds. The van der Waals surface area contributed by atoms with E-state index in [1.165, 1.54) is 23.5 Å². The van der Waals surface area contributed by atoms with Gasteiger partial charge in [0.2, 0.25) is 0 Å². The monoisotopic (exact) mass is 286 g/mol. The normalized spacial score (nSPS) is 13.5. The van der Waals surface area contributed by atoms with Gasteiger partial charge in [0.15, 0.2) is 0 Å². The van der Waals surface area contributed by atoms with Crippen molar-refractivity contribution >= 4 is 11.3 Å². The second-order valence-corrected chi connectivity index (χ2v) is 4.97. The summed E-state index contributed by atoms with van der Waals surface area (Å²) < 4.78 is 37.5. The maximum atomic E-state index is 12.5. The summed E-state index contributed by atoms with van der Waals surface area (Å²) in [6.45, 7) is 1.94. The van der Waals surface area contributed by atoms with Gasteiger partial charge in [-0.05, 0) is 46.5 Å². The molecule has 102 valence electrons. The lowest BCUT2D eigenvalue weighted by Crippen LogP contribution is -2.29. The maximum Gasteiger partial charge on any atom is 0.416 e. The zero-order valence-corrected chi connectivity index (χ0v) is 11.0. The van der Waals surface area contributed by atoms with Gasteiger partial charge in [-0.1, -0.05) is 12.1 Å². The molecule has 0 aliphatic heterocycles. The van der Waals surface area contributed by atoms with Gasteiger partial charge in [0.25, 0.3) is 0 Å². The number of hydrogen-bond donors (Lipinski definition) is 2. The summed E-state index contributed by atoms with van der Waals surface area (Å²) in [7, 11) is 0. The van der Waals surface area contributed by atoms with Crippen molar-refractivity contribution in [3.63, 3.8) is 0 Å². The van der Waals surface area contributed by atoms with Gasteiger partial charge in [0.1, 0.15) is 0 Å². The van der Waals surface area contributed by atoms with Crippen LogP contribution in [-0.4, -0.2) is 0 Å². The Balaban J connectivity index is 2.33. The van der Waals surface area contributed by atoms with E-state index in [0.29, 0.717) is 5.56 Å². The third kappa shape index (κ3) is 2.97. The summed E-state index contributed by atoms with van der Waals surface area (Å²) in [5, 5.41) is 3.92. The average Bonchev–Trinajstić information content (AvgIpc) is 2.76. The smallest absolute Gasteiger partial charge is 0.271 e. The molecule has 0 aliphatic carbocycles. The van der Waals surface area contributed by atoms with Gasteiger partial charge >= 0.3 is 6.18 Å². The molecule has 1 unspecified atom stereocenters. The molecule has 2 rings (SSSR count). The fourth-order valence-electron chi connectivity index (χ4n) is 1.90. The lowest BCUT2D eigenvalue weighted by atomic mass is 9.98. The van der Waals surface area contributed by atoms with Crippen LogP contribution in [0.4, 0.5) is 13.2 Å². The largest absolute Gasteiger partial charge is 0.416 e. The van der Waals surface area contributed by atoms with Crippen LogP contribution < -0.4 is 11.3 Å². The van der Waals surface area contributed by atoms with E-state index < -0.39 is 11.7 Å². The highest BCUT2D eigenvalue weighted by molar-refractivity contribution is 7.08. The molecule has 19 heavy (non-hydrogen) atoms. The Morgan fingerprint density at radius 1 is 1.16 bits per heavy atom. The van der Waals surface area contributed by atoms with Gasteiger partial charge in [0.05, 0.1) is 11.6 Å². The number of hydrogen-bond acceptors (Lipinski definition) is 3. The summed E-state index contributed by atoms with van der Waals surface area (Å²) >= 11 is 1.54. The number of benzene rings is 1. The quantitative estimate of drug-likeness (QED) is 0.668. The van der Waals surface area contributed by atoms with E-state index in [9.17, 15) is 13.2 Å². The minimum absolute atomic E-state index is 0.298. The van der Waals surface area contributed by atoms with E-state index in [1.807, 2.05) is 17.7 Å². The van der Waals surface area contributed by atoms with Crippen molar-refractivity contribution in [2.24, 2.45) is 5.84 Å². The van der Waals surface area contributed by atoms with E-state index in [4.69, 9.17) is 5.84 Å². The molecule has 0 saturated heterocycles. The predicted octanol–water partition coefficient (Wildman–Crippen LogP) is 3.63. The molecule has 2 aromatic rings. The molecule has 0 bridgehead atoms.